The third-order valence-corrected chi connectivity index (χ3v) is 5.61. The van der Waals surface area contributed by atoms with Crippen LogP contribution in [0.1, 0.15) is 41.8 Å². The summed E-state index contributed by atoms with van der Waals surface area (Å²) in [5.41, 5.74) is 3.02. The van der Waals surface area contributed by atoms with E-state index >= 15 is 0 Å². The number of rotatable bonds is 5. The van der Waals surface area contributed by atoms with Gasteiger partial charge in [0.25, 0.3) is 0 Å². The van der Waals surface area contributed by atoms with Gasteiger partial charge in [0.05, 0.1) is 4.34 Å². The first kappa shape index (κ1) is 15.1. The predicted octanol–water partition coefficient (Wildman–Crippen LogP) is 5.25. The number of thiophene rings is 1. The van der Waals surface area contributed by atoms with E-state index < -0.39 is 0 Å². The summed E-state index contributed by atoms with van der Waals surface area (Å²) < 4.78 is 0.902. The number of fused-ring (bicyclic) bond motifs is 1. The Balaban J connectivity index is 1.82. The van der Waals surface area contributed by atoms with Crippen LogP contribution >= 0.6 is 22.9 Å². The summed E-state index contributed by atoms with van der Waals surface area (Å²) in [6.45, 7) is 3.32. The highest BCUT2D eigenvalue weighted by Crippen LogP contribution is 2.37. The Morgan fingerprint density at radius 1 is 1.24 bits per heavy atom. The molecule has 0 amide bonds. The Labute approximate surface area is 136 Å². The van der Waals surface area contributed by atoms with Crippen molar-refractivity contribution in [2.24, 2.45) is 5.92 Å². The van der Waals surface area contributed by atoms with Gasteiger partial charge in [-0.25, -0.2) is 0 Å². The van der Waals surface area contributed by atoms with Gasteiger partial charge in [-0.1, -0.05) is 42.8 Å². The fourth-order valence-corrected chi connectivity index (χ4v) is 4.52. The summed E-state index contributed by atoms with van der Waals surface area (Å²) in [7, 11) is 0. The van der Waals surface area contributed by atoms with Crippen molar-refractivity contribution >= 4 is 22.9 Å². The molecule has 2 atom stereocenters. The molecule has 1 heterocycles. The highest BCUT2D eigenvalue weighted by atomic mass is 35.5. The van der Waals surface area contributed by atoms with Crippen LogP contribution in [0.25, 0.3) is 0 Å². The lowest BCUT2D eigenvalue weighted by molar-refractivity contribution is 0.320. The van der Waals surface area contributed by atoms with E-state index in [0.717, 1.165) is 17.3 Å². The quantitative estimate of drug-likeness (QED) is 0.794. The molecule has 0 bridgehead atoms. The number of nitrogens with one attached hydrogen (secondary N) is 1. The van der Waals surface area contributed by atoms with Gasteiger partial charge in [0.2, 0.25) is 0 Å². The summed E-state index contributed by atoms with van der Waals surface area (Å²) in [6, 6.07) is 13.6. The smallest absolute Gasteiger partial charge is 0.0931 e. The van der Waals surface area contributed by atoms with E-state index in [9.17, 15) is 0 Å². The minimum Gasteiger partial charge on any atom is -0.310 e. The number of aryl methyl sites for hydroxylation is 1. The average Bonchev–Trinajstić information content (AvgIpc) is 2.91. The molecule has 1 N–H and O–H groups in total. The fraction of sp³-hybridized carbons (Fsp3) is 0.444. The van der Waals surface area contributed by atoms with Crippen molar-refractivity contribution in [3.8, 4) is 0 Å². The van der Waals surface area contributed by atoms with Gasteiger partial charge in [0, 0.05) is 10.9 Å². The molecule has 21 heavy (non-hydrogen) atoms. The lowest BCUT2D eigenvalue weighted by atomic mass is 9.78. The fourth-order valence-electron chi connectivity index (χ4n) is 3.34. The Bertz CT molecular complexity index is 592. The van der Waals surface area contributed by atoms with Gasteiger partial charge >= 0.3 is 0 Å². The van der Waals surface area contributed by atoms with Gasteiger partial charge in [0.1, 0.15) is 0 Å². The van der Waals surface area contributed by atoms with Crippen molar-refractivity contribution in [2.45, 2.75) is 38.6 Å². The molecule has 0 saturated heterocycles. The van der Waals surface area contributed by atoms with Gasteiger partial charge in [-0.2, -0.15) is 0 Å². The van der Waals surface area contributed by atoms with Crippen molar-refractivity contribution in [2.75, 3.05) is 6.54 Å². The molecule has 3 rings (SSSR count). The minimum atomic E-state index is 0.482. The molecule has 0 spiro atoms. The largest absolute Gasteiger partial charge is 0.310 e. The summed E-state index contributed by atoms with van der Waals surface area (Å²) >= 11 is 7.81. The third-order valence-electron chi connectivity index (χ3n) is 4.35. The van der Waals surface area contributed by atoms with Crippen LogP contribution in [0.5, 0.6) is 0 Å². The van der Waals surface area contributed by atoms with Crippen molar-refractivity contribution in [3.05, 3.63) is 56.7 Å². The second kappa shape index (κ2) is 6.95. The summed E-state index contributed by atoms with van der Waals surface area (Å²) in [4.78, 5) is 1.41. The van der Waals surface area contributed by atoms with E-state index in [-0.39, 0.29) is 0 Å². The van der Waals surface area contributed by atoms with E-state index in [1.165, 1.54) is 35.3 Å². The topological polar surface area (TPSA) is 12.0 Å². The van der Waals surface area contributed by atoms with Crippen molar-refractivity contribution in [1.29, 1.82) is 0 Å². The monoisotopic (exact) mass is 319 g/mol. The van der Waals surface area contributed by atoms with E-state index in [4.69, 9.17) is 11.6 Å². The molecule has 112 valence electrons. The van der Waals surface area contributed by atoms with Gasteiger partial charge in [-0.05, 0) is 61.4 Å². The maximum absolute atomic E-state index is 6.08. The first-order chi connectivity index (χ1) is 10.3. The second-order valence-electron chi connectivity index (χ2n) is 5.84. The zero-order valence-electron chi connectivity index (χ0n) is 12.4. The molecule has 2 aromatic rings. The Morgan fingerprint density at radius 2 is 2.10 bits per heavy atom. The number of hydrogen-bond donors (Lipinski definition) is 1. The van der Waals surface area contributed by atoms with Crippen LogP contribution in [-0.4, -0.2) is 6.54 Å². The predicted molar refractivity (Wildman–Crippen MR) is 92.3 cm³/mol. The lowest BCUT2D eigenvalue weighted by Crippen LogP contribution is -2.34. The van der Waals surface area contributed by atoms with Gasteiger partial charge < -0.3 is 5.32 Å². The van der Waals surface area contributed by atoms with Crippen LogP contribution in [0.2, 0.25) is 4.34 Å². The molecule has 2 unspecified atom stereocenters. The molecule has 1 nitrogen and oxygen atoms in total. The number of hydrogen-bond acceptors (Lipinski definition) is 2. The molecule has 3 heteroatoms. The molecule has 0 aliphatic heterocycles. The first-order valence-electron chi connectivity index (χ1n) is 7.83. The van der Waals surface area contributed by atoms with E-state index in [2.05, 4.69) is 42.6 Å². The molecule has 0 radical (unpaired) electrons. The van der Waals surface area contributed by atoms with Gasteiger partial charge in [-0.15, -0.1) is 11.3 Å². The SMILES string of the molecule is CCCNC1c2ccccc2CCC1Cc1ccc(Cl)s1. The van der Waals surface area contributed by atoms with Crippen LogP contribution in [0, 0.1) is 5.92 Å². The summed E-state index contributed by atoms with van der Waals surface area (Å²) in [5, 5.41) is 3.78. The van der Waals surface area contributed by atoms with Crippen LogP contribution in [-0.2, 0) is 12.8 Å². The van der Waals surface area contributed by atoms with Crippen LogP contribution in [0.15, 0.2) is 36.4 Å². The Kier molecular flexibility index (Phi) is 4.99. The molecular formula is C18H22ClNS. The van der Waals surface area contributed by atoms with Gasteiger partial charge in [-0.3, -0.25) is 0 Å². The van der Waals surface area contributed by atoms with Crippen molar-refractivity contribution < 1.29 is 0 Å². The standard InChI is InChI=1S/C18H22ClNS/c1-2-11-20-18-14(12-15-9-10-17(19)21-15)8-7-13-5-3-4-6-16(13)18/h3-6,9-10,14,18,20H,2,7-8,11-12H2,1H3. The molecule has 1 aliphatic rings. The molecule has 1 aliphatic carbocycles. The number of benzene rings is 1. The minimum absolute atomic E-state index is 0.482. The third kappa shape index (κ3) is 3.50. The van der Waals surface area contributed by atoms with Crippen molar-refractivity contribution in [1.82, 2.24) is 5.32 Å². The first-order valence-corrected chi connectivity index (χ1v) is 9.02. The summed E-state index contributed by atoms with van der Waals surface area (Å²) in [6.07, 6.45) is 4.77. The van der Waals surface area contributed by atoms with E-state index in [1.807, 2.05) is 6.07 Å². The van der Waals surface area contributed by atoms with E-state index in [0.29, 0.717) is 12.0 Å². The van der Waals surface area contributed by atoms with Gasteiger partial charge in [0.15, 0.2) is 0 Å². The number of halogens is 1. The highest BCUT2D eigenvalue weighted by Gasteiger charge is 2.29. The van der Waals surface area contributed by atoms with Crippen LogP contribution < -0.4 is 5.32 Å². The maximum atomic E-state index is 6.08. The molecular weight excluding hydrogens is 298 g/mol. The molecule has 0 saturated carbocycles. The Morgan fingerprint density at radius 3 is 2.86 bits per heavy atom. The van der Waals surface area contributed by atoms with E-state index in [1.54, 1.807) is 11.3 Å². The lowest BCUT2D eigenvalue weighted by Gasteiger charge is -2.34. The van der Waals surface area contributed by atoms with Crippen LogP contribution in [0.3, 0.4) is 0 Å². The van der Waals surface area contributed by atoms with Crippen LogP contribution in [0.4, 0.5) is 0 Å². The normalized spacial score (nSPS) is 21.2. The summed E-state index contributed by atoms with van der Waals surface area (Å²) in [5.74, 6) is 0.668. The zero-order chi connectivity index (χ0) is 14.7. The molecule has 1 aromatic heterocycles. The Hall–Kier alpha value is -0.830. The second-order valence-corrected chi connectivity index (χ2v) is 7.64. The van der Waals surface area contributed by atoms with Crippen molar-refractivity contribution in [3.63, 3.8) is 0 Å². The zero-order valence-corrected chi connectivity index (χ0v) is 14.0. The molecule has 0 fully saturated rings. The average molecular weight is 320 g/mol. The highest BCUT2D eigenvalue weighted by molar-refractivity contribution is 7.16. The maximum Gasteiger partial charge on any atom is 0.0931 e. The molecule has 1 aromatic carbocycles.